The van der Waals surface area contributed by atoms with E-state index in [-0.39, 0.29) is 33.7 Å². The molecule has 2 heterocycles. The van der Waals surface area contributed by atoms with Gasteiger partial charge in [-0.25, -0.2) is 9.18 Å². The highest BCUT2D eigenvalue weighted by Crippen LogP contribution is 2.25. The number of pyridine rings is 1. The van der Waals surface area contributed by atoms with Crippen molar-refractivity contribution in [3.05, 3.63) is 73.4 Å². The van der Waals surface area contributed by atoms with Crippen LogP contribution in [0.3, 0.4) is 0 Å². The van der Waals surface area contributed by atoms with Crippen LogP contribution in [-0.2, 0) is 13.1 Å². The van der Waals surface area contributed by atoms with Crippen LogP contribution in [0, 0.1) is 5.82 Å². The number of hydrogen-bond donors (Lipinski definition) is 1. The summed E-state index contributed by atoms with van der Waals surface area (Å²) in [6.07, 6.45) is 0. The van der Waals surface area contributed by atoms with Crippen LogP contribution in [0.1, 0.15) is 12.5 Å². The van der Waals surface area contributed by atoms with Crippen LogP contribution in [-0.4, -0.2) is 14.4 Å². The third-order valence-corrected chi connectivity index (χ3v) is 4.76. The van der Waals surface area contributed by atoms with Gasteiger partial charge in [-0.15, -0.1) is 0 Å². The molecule has 0 saturated carbocycles. The Labute approximate surface area is 156 Å². The average Bonchev–Trinajstić information content (AvgIpc) is 2.94. The third-order valence-electron chi connectivity index (χ3n) is 4.47. The minimum Gasteiger partial charge on any atom is -0.508 e. The van der Waals surface area contributed by atoms with E-state index in [1.54, 1.807) is 16.7 Å². The summed E-state index contributed by atoms with van der Waals surface area (Å²) in [6, 6.07) is 8.89. The fourth-order valence-corrected chi connectivity index (χ4v) is 3.46. The van der Waals surface area contributed by atoms with E-state index >= 15 is 0 Å². The Morgan fingerprint density at radius 2 is 2.00 bits per heavy atom. The molecule has 0 atom stereocenters. The summed E-state index contributed by atoms with van der Waals surface area (Å²) in [7, 11) is 0. The second-order valence-electron chi connectivity index (χ2n) is 6.14. The number of phenols is 1. The van der Waals surface area contributed by atoms with Crippen LogP contribution >= 0.6 is 11.6 Å². The minimum absolute atomic E-state index is 0.0636. The van der Waals surface area contributed by atoms with Gasteiger partial charge in [0.15, 0.2) is 11.0 Å². The number of phenolic OH excluding ortho intramolecular Hbond substituents is 1. The summed E-state index contributed by atoms with van der Waals surface area (Å²) in [4.78, 5) is 25.2. The van der Waals surface area contributed by atoms with Crippen molar-refractivity contribution in [1.29, 1.82) is 0 Å². The summed E-state index contributed by atoms with van der Waals surface area (Å²) >= 11 is 5.90. The van der Waals surface area contributed by atoms with Gasteiger partial charge in [0.2, 0.25) is 5.43 Å². The molecule has 0 spiro atoms. The largest absolute Gasteiger partial charge is 0.508 e. The number of nitrogens with zero attached hydrogens (tertiary/aromatic N) is 2. The molecule has 0 radical (unpaired) electrons. The van der Waals surface area contributed by atoms with Gasteiger partial charge in [-0.3, -0.25) is 4.79 Å². The van der Waals surface area contributed by atoms with Gasteiger partial charge < -0.3 is 14.2 Å². The summed E-state index contributed by atoms with van der Waals surface area (Å²) < 4.78 is 22.2. The molecule has 27 heavy (non-hydrogen) atoms. The molecule has 6 nitrogen and oxygen atoms in total. The minimum atomic E-state index is -0.797. The number of benzene rings is 2. The second-order valence-corrected chi connectivity index (χ2v) is 6.55. The van der Waals surface area contributed by atoms with Crippen molar-refractivity contribution in [1.82, 2.24) is 9.31 Å². The van der Waals surface area contributed by atoms with Gasteiger partial charge in [0.25, 0.3) is 0 Å². The summed E-state index contributed by atoms with van der Waals surface area (Å²) in [5.41, 5.74) is -0.0286. The van der Waals surface area contributed by atoms with E-state index in [9.17, 15) is 19.1 Å². The van der Waals surface area contributed by atoms with Gasteiger partial charge >= 0.3 is 5.63 Å². The number of aromatic hydroxyl groups is 1. The molecule has 1 N–H and O–H groups in total. The fourth-order valence-electron chi connectivity index (χ4n) is 3.31. The Balaban J connectivity index is 2.09. The second kappa shape index (κ2) is 6.28. The van der Waals surface area contributed by atoms with Gasteiger partial charge in [0.1, 0.15) is 11.6 Å². The third kappa shape index (κ3) is 2.71. The Morgan fingerprint density at radius 3 is 2.70 bits per heavy atom. The zero-order valence-electron chi connectivity index (χ0n) is 14.2. The molecule has 4 rings (SSSR count). The van der Waals surface area contributed by atoms with E-state index in [1.807, 2.05) is 6.92 Å². The van der Waals surface area contributed by atoms with Crippen molar-refractivity contribution in [3.63, 3.8) is 0 Å². The standard InChI is InChI=1S/C19H14ClFN2O4/c1-2-22-15-8-13(20)14(21)7-12(15)17(25)16-18(22)23(27-19(16)26)9-10-4-3-5-11(24)6-10/h3-8,24H,2,9H2,1H3. The zero-order chi connectivity index (χ0) is 19.3. The molecule has 0 bridgehead atoms. The predicted octanol–water partition coefficient (Wildman–Crippen LogP) is 3.48. The lowest BCUT2D eigenvalue weighted by Gasteiger charge is -2.13. The summed E-state index contributed by atoms with van der Waals surface area (Å²) in [5.74, 6) is -0.654. The first-order valence-corrected chi connectivity index (χ1v) is 8.61. The Hall–Kier alpha value is -3.06. The van der Waals surface area contributed by atoms with Crippen molar-refractivity contribution in [2.45, 2.75) is 20.0 Å². The molecule has 2 aromatic heterocycles. The highest BCUT2D eigenvalue weighted by atomic mass is 35.5. The molecule has 8 heteroatoms. The lowest BCUT2D eigenvalue weighted by atomic mass is 10.1. The normalized spacial score (nSPS) is 11.5. The maximum atomic E-state index is 13.9. The highest BCUT2D eigenvalue weighted by Gasteiger charge is 2.21. The van der Waals surface area contributed by atoms with E-state index in [4.69, 9.17) is 16.1 Å². The van der Waals surface area contributed by atoms with Crippen LogP contribution in [0.15, 0.2) is 50.5 Å². The molecule has 0 aliphatic heterocycles. The first-order chi connectivity index (χ1) is 12.9. The maximum Gasteiger partial charge on any atom is 0.370 e. The molecule has 0 unspecified atom stereocenters. The average molecular weight is 389 g/mol. The Kier molecular flexibility index (Phi) is 4.04. The lowest BCUT2D eigenvalue weighted by Crippen LogP contribution is -2.15. The van der Waals surface area contributed by atoms with Crippen molar-refractivity contribution in [3.8, 4) is 5.75 Å². The Morgan fingerprint density at radius 1 is 1.22 bits per heavy atom. The van der Waals surface area contributed by atoms with Crippen LogP contribution < -0.4 is 11.1 Å². The van der Waals surface area contributed by atoms with E-state index in [1.165, 1.54) is 22.9 Å². The van der Waals surface area contributed by atoms with Gasteiger partial charge in [-0.05, 0) is 36.8 Å². The zero-order valence-corrected chi connectivity index (χ0v) is 15.0. The molecule has 0 aliphatic carbocycles. The van der Waals surface area contributed by atoms with Crippen molar-refractivity contribution in [2.75, 3.05) is 0 Å². The molecular weight excluding hydrogens is 375 g/mol. The summed E-state index contributed by atoms with van der Waals surface area (Å²) in [5, 5.41) is 9.45. The van der Waals surface area contributed by atoms with Crippen LogP contribution in [0.5, 0.6) is 5.75 Å². The number of aromatic nitrogens is 2. The number of fused-ring (bicyclic) bond motifs is 2. The smallest absolute Gasteiger partial charge is 0.370 e. The molecule has 138 valence electrons. The number of aryl methyl sites for hydroxylation is 1. The van der Waals surface area contributed by atoms with Gasteiger partial charge in [-0.1, -0.05) is 23.7 Å². The maximum absolute atomic E-state index is 13.9. The topological polar surface area (TPSA) is 77.4 Å². The SMILES string of the molecule is CCn1c2cc(Cl)c(F)cc2c(=O)c2c(=O)on(Cc3cccc(O)c3)c21. The first kappa shape index (κ1) is 17.4. The molecule has 4 aromatic rings. The van der Waals surface area contributed by atoms with E-state index in [0.717, 1.165) is 6.07 Å². The number of hydrogen-bond acceptors (Lipinski definition) is 4. The first-order valence-electron chi connectivity index (χ1n) is 8.24. The van der Waals surface area contributed by atoms with Crippen molar-refractivity contribution >= 4 is 33.5 Å². The Bertz CT molecular complexity index is 1320. The van der Waals surface area contributed by atoms with Gasteiger partial charge in [0, 0.05) is 11.9 Å². The van der Waals surface area contributed by atoms with E-state index in [2.05, 4.69) is 0 Å². The number of rotatable bonds is 3. The molecule has 0 aliphatic rings. The van der Waals surface area contributed by atoms with Crippen molar-refractivity contribution in [2.24, 2.45) is 0 Å². The van der Waals surface area contributed by atoms with Crippen LogP contribution in [0.25, 0.3) is 21.9 Å². The van der Waals surface area contributed by atoms with E-state index in [0.29, 0.717) is 17.6 Å². The van der Waals surface area contributed by atoms with Gasteiger partial charge in [-0.2, -0.15) is 4.74 Å². The molecule has 0 fully saturated rings. The predicted molar refractivity (Wildman–Crippen MR) is 100 cm³/mol. The van der Waals surface area contributed by atoms with Crippen molar-refractivity contribution < 1.29 is 14.0 Å². The molecule has 0 amide bonds. The quantitative estimate of drug-likeness (QED) is 0.583. The highest BCUT2D eigenvalue weighted by molar-refractivity contribution is 6.31. The van der Waals surface area contributed by atoms with Gasteiger partial charge in [0.05, 0.1) is 17.1 Å². The monoisotopic (exact) mass is 388 g/mol. The lowest BCUT2D eigenvalue weighted by molar-refractivity contribution is 0.273. The molecule has 0 saturated heterocycles. The van der Waals surface area contributed by atoms with E-state index < -0.39 is 16.9 Å². The summed E-state index contributed by atoms with van der Waals surface area (Å²) in [6.45, 7) is 2.36. The number of halogens is 2. The van der Waals surface area contributed by atoms with Crippen LogP contribution in [0.4, 0.5) is 4.39 Å². The fraction of sp³-hybridized carbons (Fsp3) is 0.158. The molecular formula is C19H14ClFN2O4. The van der Waals surface area contributed by atoms with Crippen LogP contribution in [0.2, 0.25) is 5.02 Å². The molecule has 2 aromatic carbocycles.